The molecule has 4 nitrogen and oxygen atoms in total. The minimum atomic E-state index is -1.11. The van der Waals surface area contributed by atoms with Gasteiger partial charge < -0.3 is 5.11 Å². The van der Waals surface area contributed by atoms with Gasteiger partial charge in [-0.1, -0.05) is 41.9 Å². The summed E-state index contributed by atoms with van der Waals surface area (Å²) in [5.41, 5.74) is 2.70. The normalized spacial score (nSPS) is 12.6. The van der Waals surface area contributed by atoms with E-state index in [0.717, 1.165) is 16.8 Å². The fourth-order valence-corrected chi connectivity index (χ4v) is 3.35. The number of nitrogens with zero attached hydrogens (tertiary/aromatic N) is 2. The van der Waals surface area contributed by atoms with Gasteiger partial charge in [-0.05, 0) is 12.5 Å². The van der Waals surface area contributed by atoms with Gasteiger partial charge in [-0.25, -0.2) is 4.68 Å². The van der Waals surface area contributed by atoms with Gasteiger partial charge in [-0.15, -0.1) is 0 Å². The molecule has 0 aliphatic rings. The first-order chi connectivity index (χ1) is 9.61. The number of benzene rings is 1. The molecule has 0 bridgehead atoms. The molecule has 1 aromatic carbocycles. The molecular weight excluding hydrogens is 296 g/mol. The van der Waals surface area contributed by atoms with E-state index in [1.54, 1.807) is 4.68 Å². The molecule has 1 unspecified atom stereocenters. The first-order valence-corrected chi connectivity index (χ1v) is 8.20. The third kappa shape index (κ3) is 3.69. The Kier molecular flexibility index (Phi) is 5.34. The van der Waals surface area contributed by atoms with Crippen molar-refractivity contribution in [2.45, 2.75) is 19.2 Å². The molecular formula is C14H17ClN2O2S. The first kappa shape index (κ1) is 15.2. The number of aromatic nitrogens is 2. The van der Waals surface area contributed by atoms with Crippen molar-refractivity contribution in [1.82, 2.24) is 9.78 Å². The van der Waals surface area contributed by atoms with E-state index in [1.165, 1.54) is 0 Å². The highest BCUT2D eigenvalue weighted by atomic mass is 35.5. The van der Waals surface area contributed by atoms with Crippen molar-refractivity contribution in [3.63, 3.8) is 0 Å². The van der Waals surface area contributed by atoms with Crippen molar-refractivity contribution >= 4 is 22.4 Å². The van der Waals surface area contributed by atoms with E-state index in [-0.39, 0.29) is 12.4 Å². The number of rotatable bonds is 6. The van der Waals surface area contributed by atoms with E-state index in [2.05, 4.69) is 5.10 Å². The second kappa shape index (κ2) is 7.02. The van der Waals surface area contributed by atoms with Gasteiger partial charge in [-0.2, -0.15) is 5.10 Å². The quantitative estimate of drug-likeness (QED) is 0.889. The van der Waals surface area contributed by atoms with Gasteiger partial charge in [0.1, 0.15) is 5.15 Å². The van der Waals surface area contributed by atoms with Crippen molar-refractivity contribution in [2.75, 3.05) is 12.4 Å². The smallest absolute Gasteiger partial charge is 0.131 e. The van der Waals surface area contributed by atoms with Gasteiger partial charge in [0.05, 0.1) is 24.6 Å². The molecule has 6 heteroatoms. The molecule has 2 aromatic rings. The van der Waals surface area contributed by atoms with Crippen molar-refractivity contribution in [3.05, 3.63) is 52.3 Å². The molecule has 1 N–H and O–H groups in total. The van der Waals surface area contributed by atoms with Crippen molar-refractivity contribution < 1.29 is 9.32 Å². The molecule has 0 aliphatic carbocycles. The largest absolute Gasteiger partial charge is 0.395 e. The van der Waals surface area contributed by atoms with Gasteiger partial charge in [-0.3, -0.25) is 4.21 Å². The first-order valence-electron chi connectivity index (χ1n) is 6.33. The minimum Gasteiger partial charge on any atom is -0.395 e. The van der Waals surface area contributed by atoms with Crippen LogP contribution in [0.2, 0.25) is 5.15 Å². The monoisotopic (exact) mass is 312 g/mol. The van der Waals surface area contributed by atoms with Crippen LogP contribution in [0.15, 0.2) is 30.3 Å². The van der Waals surface area contributed by atoms with Crippen molar-refractivity contribution in [1.29, 1.82) is 0 Å². The van der Waals surface area contributed by atoms with Crippen LogP contribution >= 0.6 is 11.6 Å². The van der Waals surface area contributed by atoms with E-state index < -0.39 is 10.8 Å². The van der Waals surface area contributed by atoms with Gasteiger partial charge in [0, 0.05) is 22.1 Å². The molecule has 2 rings (SSSR count). The van der Waals surface area contributed by atoms with Crippen LogP contribution in [0, 0.1) is 6.92 Å². The molecule has 0 spiro atoms. The summed E-state index contributed by atoms with van der Waals surface area (Å²) in [4.78, 5) is 0. The molecule has 0 radical (unpaired) electrons. The molecule has 0 saturated heterocycles. The second-order valence-electron chi connectivity index (χ2n) is 4.51. The van der Waals surface area contributed by atoms with E-state index in [0.29, 0.717) is 17.5 Å². The lowest BCUT2D eigenvalue weighted by atomic mass is 10.2. The Balaban J connectivity index is 2.18. The van der Waals surface area contributed by atoms with Crippen LogP contribution in [0.1, 0.15) is 16.8 Å². The molecule has 1 atom stereocenters. The fraction of sp³-hybridized carbons (Fsp3) is 0.357. The number of hydrogen-bond donors (Lipinski definition) is 1. The Hall–Kier alpha value is -1.17. The maximum absolute atomic E-state index is 11.7. The van der Waals surface area contributed by atoms with Crippen molar-refractivity contribution in [2.24, 2.45) is 0 Å². The fourth-order valence-electron chi connectivity index (χ4n) is 1.95. The number of halogens is 1. The van der Waals surface area contributed by atoms with E-state index in [9.17, 15) is 4.21 Å². The second-order valence-corrected chi connectivity index (χ2v) is 6.44. The summed E-state index contributed by atoms with van der Waals surface area (Å²) in [6.45, 7) is 2.37. The van der Waals surface area contributed by atoms with Gasteiger partial charge in [0.15, 0.2) is 0 Å². The predicted octanol–water partition coefficient (Wildman–Crippen LogP) is 2.13. The predicted molar refractivity (Wildman–Crippen MR) is 81.3 cm³/mol. The third-order valence-corrected chi connectivity index (χ3v) is 4.65. The summed E-state index contributed by atoms with van der Waals surface area (Å²) in [5.74, 6) is 0.597. The lowest BCUT2D eigenvalue weighted by Gasteiger charge is -2.04. The van der Waals surface area contributed by atoms with Gasteiger partial charge in [0.25, 0.3) is 0 Å². The topological polar surface area (TPSA) is 55.1 Å². The third-order valence-electron chi connectivity index (χ3n) is 2.98. The van der Waals surface area contributed by atoms with Crippen LogP contribution in [-0.2, 0) is 23.1 Å². The summed E-state index contributed by atoms with van der Waals surface area (Å²) in [5, 5.41) is 13.7. The molecule has 0 saturated carbocycles. The summed E-state index contributed by atoms with van der Waals surface area (Å²) in [6.07, 6.45) is 0. The zero-order chi connectivity index (χ0) is 14.5. The summed E-state index contributed by atoms with van der Waals surface area (Å²) in [6, 6.07) is 9.92. The Morgan fingerprint density at radius 2 is 2.05 bits per heavy atom. The van der Waals surface area contributed by atoms with E-state index in [4.69, 9.17) is 16.7 Å². The zero-order valence-corrected chi connectivity index (χ0v) is 12.8. The number of aliphatic hydroxyl groups is 1. The lowest BCUT2D eigenvalue weighted by molar-refractivity contribution is 0.321. The zero-order valence-electron chi connectivity index (χ0n) is 11.3. The highest BCUT2D eigenvalue weighted by Gasteiger charge is 2.15. The SMILES string of the molecule is Cc1nn(Cc2ccccc2)c(Cl)c1CS(=O)CCO. The molecule has 0 fully saturated rings. The van der Waals surface area contributed by atoms with Crippen LogP contribution in [0.4, 0.5) is 0 Å². The average Bonchev–Trinajstić information content (AvgIpc) is 2.68. The Morgan fingerprint density at radius 1 is 1.35 bits per heavy atom. The van der Waals surface area contributed by atoms with Crippen LogP contribution in [0.3, 0.4) is 0 Å². The van der Waals surface area contributed by atoms with E-state index >= 15 is 0 Å². The highest BCUT2D eigenvalue weighted by Crippen LogP contribution is 2.22. The molecule has 0 amide bonds. The Morgan fingerprint density at radius 3 is 2.70 bits per heavy atom. The highest BCUT2D eigenvalue weighted by molar-refractivity contribution is 7.84. The van der Waals surface area contributed by atoms with E-state index in [1.807, 2.05) is 37.3 Å². The summed E-state index contributed by atoms with van der Waals surface area (Å²) < 4.78 is 13.5. The Bertz CT molecular complexity index is 599. The molecule has 108 valence electrons. The maximum atomic E-state index is 11.7. The molecule has 20 heavy (non-hydrogen) atoms. The standard InChI is InChI=1S/C14H17ClN2O2S/c1-11-13(10-20(19)8-7-18)14(15)17(16-11)9-12-5-3-2-4-6-12/h2-6,18H,7-10H2,1H3. The maximum Gasteiger partial charge on any atom is 0.131 e. The van der Waals surface area contributed by atoms with Crippen LogP contribution in [-0.4, -0.2) is 31.5 Å². The van der Waals surface area contributed by atoms with Crippen molar-refractivity contribution in [3.8, 4) is 0 Å². The number of aliphatic hydroxyl groups excluding tert-OH is 1. The summed E-state index contributed by atoms with van der Waals surface area (Å²) in [7, 11) is -1.11. The number of aryl methyl sites for hydroxylation is 1. The molecule has 1 aromatic heterocycles. The lowest BCUT2D eigenvalue weighted by Crippen LogP contribution is -2.05. The summed E-state index contributed by atoms with van der Waals surface area (Å²) >= 11 is 6.33. The minimum absolute atomic E-state index is 0.0819. The number of hydrogen-bond acceptors (Lipinski definition) is 3. The van der Waals surface area contributed by atoms with Crippen LogP contribution in [0.25, 0.3) is 0 Å². The van der Waals surface area contributed by atoms with Crippen LogP contribution in [0.5, 0.6) is 0 Å². The Labute approximate surface area is 125 Å². The molecule has 0 aliphatic heterocycles. The van der Waals surface area contributed by atoms with Gasteiger partial charge in [0.2, 0.25) is 0 Å². The van der Waals surface area contributed by atoms with Gasteiger partial charge >= 0.3 is 0 Å². The van der Waals surface area contributed by atoms with Crippen LogP contribution < -0.4 is 0 Å². The average molecular weight is 313 g/mol. The molecule has 1 heterocycles.